The summed E-state index contributed by atoms with van der Waals surface area (Å²) in [6.07, 6.45) is -0.415. The van der Waals surface area contributed by atoms with Crippen molar-refractivity contribution in [3.8, 4) is 0 Å². The first-order chi connectivity index (χ1) is 12.7. The fourth-order valence-corrected chi connectivity index (χ4v) is 5.38. The Morgan fingerprint density at radius 2 is 1.38 bits per heavy atom. The number of halogens is 1. The van der Waals surface area contributed by atoms with Crippen molar-refractivity contribution in [1.29, 1.82) is 0 Å². The van der Waals surface area contributed by atoms with Crippen molar-refractivity contribution >= 4 is 20.4 Å². The average molecular weight is 395 g/mol. The monoisotopic (exact) mass is 394 g/mol. The molecule has 26 heavy (non-hydrogen) atoms. The minimum absolute atomic E-state index is 0.397. The van der Waals surface area contributed by atoms with Gasteiger partial charge < -0.3 is 18.0 Å². The molecule has 2 aromatic rings. The van der Waals surface area contributed by atoms with Gasteiger partial charge in [-0.2, -0.15) is 0 Å². The Kier molecular flexibility index (Phi) is 9.32. The molecule has 0 saturated heterocycles. The molecule has 1 atom stereocenters. The maximum atomic E-state index is 6.22. The van der Waals surface area contributed by atoms with E-state index in [4.69, 9.17) is 29.6 Å². The maximum absolute atomic E-state index is 6.22. The Labute approximate surface area is 162 Å². The number of ether oxygens (including phenoxy) is 1. The van der Waals surface area contributed by atoms with Gasteiger partial charge in [0.1, 0.15) is 6.29 Å². The number of benzene rings is 2. The molecule has 2 rings (SSSR count). The van der Waals surface area contributed by atoms with Crippen LogP contribution in [0.5, 0.6) is 0 Å². The predicted octanol–water partition coefficient (Wildman–Crippen LogP) is 5.00. The van der Waals surface area contributed by atoms with Gasteiger partial charge in [-0.05, 0) is 25.0 Å². The van der Waals surface area contributed by atoms with E-state index < -0.39 is 15.1 Å². The standard InChI is InChI=1S/C20H27ClO4Si/c1-3-22-18(2)25-26(15-14-21,23-16-19-10-6-4-7-11-19)24-17-20-12-8-5-9-13-20/h4-13,18H,3,14-17H2,1-2H3. The van der Waals surface area contributed by atoms with Crippen molar-refractivity contribution in [3.05, 3.63) is 71.8 Å². The summed E-state index contributed by atoms with van der Waals surface area (Å²) in [5.41, 5.74) is 2.13. The summed E-state index contributed by atoms with van der Waals surface area (Å²) in [6.45, 7) is 5.18. The molecule has 0 radical (unpaired) electrons. The van der Waals surface area contributed by atoms with E-state index >= 15 is 0 Å². The number of alkyl halides is 1. The molecule has 0 aromatic heterocycles. The molecule has 0 spiro atoms. The quantitative estimate of drug-likeness (QED) is 0.288. The molecule has 0 amide bonds. The number of rotatable bonds is 12. The highest BCUT2D eigenvalue weighted by atomic mass is 35.5. The lowest BCUT2D eigenvalue weighted by Crippen LogP contribution is -2.48. The van der Waals surface area contributed by atoms with Gasteiger partial charge in [0.25, 0.3) is 0 Å². The van der Waals surface area contributed by atoms with Crippen LogP contribution in [0.25, 0.3) is 0 Å². The summed E-state index contributed by atoms with van der Waals surface area (Å²) in [5.74, 6) is 0.397. The Morgan fingerprint density at radius 1 is 0.885 bits per heavy atom. The second-order valence-electron chi connectivity index (χ2n) is 5.81. The Bertz CT molecular complexity index is 568. The van der Waals surface area contributed by atoms with E-state index in [0.29, 0.717) is 31.7 Å². The highest BCUT2D eigenvalue weighted by molar-refractivity contribution is 6.61. The van der Waals surface area contributed by atoms with Crippen LogP contribution in [0.4, 0.5) is 0 Å². The van der Waals surface area contributed by atoms with Gasteiger partial charge in [0, 0.05) is 18.5 Å². The lowest BCUT2D eigenvalue weighted by molar-refractivity contribution is -0.108. The largest absolute Gasteiger partial charge is 0.504 e. The van der Waals surface area contributed by atoms with Crippen molar-refractivity contribution in [2.45, 2.75) is 39.4 Å². The van der Waals surface area contributed by atoms with Crippen LogP contribution in [-0.2, 0) is 31.2 Å². The molecule has 0 bridgehead atoms. The van der Waals surface area contributed by atoms with Crippen LogP contribution in [0.1, 0.15) is 25.0 Å². The molecule has 1 unspecified atom stereocenters. The zero-order chi connectivity index (χ0) is 18.7. The average Bonchev–Trinajstić information content (AvgIpc) is 2.67. The van der Waals surface area contributed by atoms with Crippen molar-refractivity contribution in [3.63, 3.8) is 0 Å². The van der Waals surface area contributed by atoms with E-state index in [1.165, 1.54) is 0 Å². The van der Waals surface area contributed by atoms with Gasteiger partial charge in [0.05, 0.1) is 13.2 Å². The Balaban J connectivity index is 2.11. The van der Waals surface area contributed by atoms with Gasteiger partial charge in [-0.3, -0.25) is 0 Å². The summed E-state index contributed by atoms with van der Waals surface area (Å²) in [7, 11) is -3.02. The SMILES string of the molecule is CCOC(C)O[Si](CCCl)(OCc1ccccc1)OCc1ccccc1. The molecule has 0 aliphatic carbocycles. The summed E-state index contributed by atoms with van der Waals surface area (Å²) in [5, 5.41) is 0. The number of hydrogen-bond donors (Lipinski definition) is 0. The van der Waals surface area contributed by atoms with Crippen LogP contribution >= 0.6 is 11.6 Å². The second kappa shape index (κ2) is 11.5. The summed E-state index contributed by atoms with van der Waals surface area (Å²) in [4.78, 5) is 0. The molecule has 0 saturated carbocycles. The molecule has 2 aromatic carbocycles. The summed E-state index contributed by atoms with van der Waals surface area (Å²) in [6, 6.07) is 20.5. The normalized spacial score (nSPS) is 12.9. The molecular weight excluding hydrogens is 368 g/mol. The summed E-state index contributed by atoms with van der Waals surface area (Å²) < 4.78 is 24.2. The van der Waals surface area contributed by atoms with E-state index in [-0.39, 0.29) is 0 Å². The fourth-order valence-electron chi connectivity index (χ4n) is 2.49. The van der Waals surface area contributed by atoms with Gasteiger partial charge in [-0.15, -0.1) is 11.6 Å². The lowest BCUT2D eigenvalue weighted by atomic mass is 10.2. The molecule has 4 nitrogen and oxygen atoms in total. The zero-order valence-electron chi connectivity index (χ0n) is 15.4. The predicted molar refractivity (Wildman–Crippen MR) is 106 cm³/mol. The second-order valence-corrected chi connectivity index (χ2v) is 8.87. The third-order valence-electron chi connectivity index (χ3n) is 3.75. The van der Waals surface area contributed by atoms with E-state index in [0.717, 1.165) is 11.1 Å². The van der Waals surface area contributed by atoms with Crippen molar-refractivity contribution in [2.75, 3.05) is 12.5 Å². The Morgan fingerprint density at radius 3 is 1.81 bits per heavy atom. The van der Waals surface area contributed by atoms with Gasteiger partial charge >= 0.3 is 8.80 Å². The first-order valence-corrected chi connectivity index (χ1v) is 11.3. The molecule has 0 N–H and O–H groups in total. The van der Waals surface area contributed by atoms with Crippen LogP contribution in [0, 0.1) is 0 Å². The van der Waals surface area contributed by atoms with Crippen LogP contribution < -0.4 is 0 Å². The first kappa shape index (κ1) is 21.1. The third kappa shape index (κ3) is 7.19. The minimum Gasteiger partial charge on any atom is -0.369 e. The van der Waals surface area contributed by atoms with E-state index in [1.807, 2.05) is 74.5 Å². The lowest BCUT2D eigenvalue weighted by Gasteiger charge is -2.32. The molecule has 6 heteroatoms. The van der Waals surface area contributed by atoms with Crippen LogP contribution in [-0.4, -0.2) is 27.6 Å². The van der Waals surface area contributed by atoms with Crippen molar-refractivity contribution < 1.29 is 18.0 Å². The van der Waals surface area contributed by atoms with Crippen LogP contribution in [0.2, 0.25) is 6.04 Å². The maximum Gasteiger partial charge on any atom is 0.504 e. The van der Waals surface area contributed by atoms with Crippen molar-refractivity contribution in [2.24, 2.45) is 0 Å². The van der Waals surface area contributed by atoms with E-state index in [2.05, 4.69) is 0 Å². The molecule has 0 fully saturated rings. The van der Waals surface area contributed by atoms with Gasteiger partial charge in [0.15, 0.2) is 0 Å². The molecular formula is C20H27ClO4Si. The smallest absolute Gasteiger partial charge is 0.369 e. The van der Waals surface area contributed by atoms with Crippen molar-refractivity contribution in [1.82, 2.24) is 0 Å². The minimum atomic E-state index is -3.02. The molecule has 0 aliphatic heterocycles. The van der Waals surface area contributed by atoms with Gasteiger partial charge in [0.2, 0.25) is 0 Å². The topological polar surface area (TPSA) is 36.9 Å². The zero-order valence-corrected chi connectivity index (χ0v) is 17.2. The molecule has 0 heterocycles. The highest BCUT2D eigenvalue weighted by Crippen LogP contribution is 2.23. The van der Waals surface area contributed by atoms with Crippen LogP contribution in [0.3, 0.4) is 0 Å². The first-order valence-electron chi connectivity index (χ1n) is 8.88. The van der Waals surface area contributed by atoms with E-state index in [9.17, 15) is 0 Å². The highest BCUT2D eigenvalue weighted by Gasteiger charge is 2.43. The summed E-state index contributed by atoms with van der Waals surface area (Å²) >= 11 is 6.06. The van der Waals surface area contributed by atoms with Gasteiger partial charge in [-0.1, -0.05) is 60.7 Å². The molecule has 142 valence electrons. The fraction of sp³-hybridized carbons (Fsp3) is 0.400. The van der Waals surface area contributed by atoms with Crippen LogP contribution in [0.15, 0.2) is 60.7 Å². The Hall–Kier alpha value is -1.21. The number of hydrogen-bond acceptors (Lipinski definition) is 4. The van der Waals surface area contributed by atoms with Gasteiger partial charge in [-0.25, -0.2) is 0 Å². The third-order valence-corrected chi connectivity index (χ3v) is 6.98. The van der Waals surface area contributed by atoms with E-state index in [1.54, 1.807) is 0 Å². The molecule has 0 aliphatic rings.